The standard InChI is InChI=1S/C12H16N6S/c1-8-4-13-17(5-8)6-9(2)14-11-16-18-7-10(3)15-12(18)19-11/h4-5,7,9H,6H2,1-3H3,(H,14,16). The molecule has 1 N–H and O–H groups in total. The lowest BCUT2D eigenvalue weighted by molar-refractivity contribution is 0.560. The molecule has 0 aliphatic rings. The number of imidazole rings is 1. The van der Waals surface area contributed by atoms with Crippen molar-refractivity contribution in [3.05, 3.63) is 29.8 Å². The molecule has 0 bridgehead atoms. The van der Waals surface area contributed by atoms with Crippen LogP contribution >= 0.6 is 11.3 Å². The van der Waals surface area contributed by atoms with E-state index in [1.807, 2.05) is 41.6 Å². The van der Waals surface area contributed by atoms with E-state index in [9.17, 15) is 0 Å². The summed E-state index contributed by atoms with van der Waals surface area (Å²) in [5.74, 6) is 0. The first kappa shape index (κ1) is 12.2. The smallest absolute Gasteiger partial charge is 0.214 e. The van der Waals surface area contributed by atoms with Crippen LogP contribution in [0, 0.1) is 13.8 Å². The third kappa shape index (κ3) is 2.60. The zero-order valence-corrected chi connectivity index (χ0v) is 12.0. The van der Waals surface area contributed by atoms with E-state index >= 15 is 0 Å². The van der Waals surface area contributed by atoms with E-state index in [0.717, 1.165) is 22.3 Å². The molecule has 1 atom stereocenters. The van der Waals surface area contributed by atoms with E-state index in [1.54, 1.807) is 11.3 Å². The summed E-state index contributed by atoms with van der Waals surface area (Å²) in [5.41, 5.74) is 2.17. The summed E-state index contributed by atoms with van der Waals surface area (Å²) < 4.78 is 3.75. The van der Waals surface area contributed by atoms with Crippen LogP contribution in [0.4, 0.5) is 5.13 Å². The van der Waals surface area contributed by atoms with Gasteiger partial charge in [-0.1, -0.05) is 11.3 Å². The Morgan fingerprint density at radius 1 is 1.37 bits per heavy atom. The van der Waals surface area contributed by atoms with Crippen molar-refractivity contribution in [3.8, 4) is 0 Å². The average Bonchev–Trinajstić information content (AvgIpc) is 2.93. The summed E-state index contributed by atoms with van der Waals surface area (Å²) in [4.78, 5) is 5.31. The Morgan fingerprint density at radius 3 is 2.89 bits per heavy atom. The molecule has 6 nitrogen and oxygen atoms in total. The number of hydrogen-bond acceptors (Lipinski definition) is 5. The van der Waals surface area contributed by atoms with Crippen molar-refractivity contribution in [2.24, 2.45) is 0 Å². The van der Waals surface area contributed by atoms with Crippen LogP contribution < -0.4 is 5.32 Å². The highest BCUT2D eigenvalue weighted by Gasteiger charge is 2.09. The van der Waals surface area contributed by atoms with Crippen molar-refractivity contribution in [2.75, 3.05) is 5.32 Å². The van der Waals surface area contributed by atoms with Crippen LogP contribution in [0.1, 0.15) is 18.2 Å². The molecule has 0 amide bonds. The molecule has 0 saturated heterocycles. The number of anilines is 1. The van der Waals surface area contributed by atoms with Gasteiger partial charge in [0.25, 0.3) is 0 Å². The fourth-order valence-corrected chi connectivity index (χ4v) is 2.91. The first-order valence-corrected chi connectivity index (χ1v) is 7.00. The molecular weight excluding hydrogens is 260 g/mol. The predicted molar refractivity (Wildman–Crippen MR) is 75.6 cm³/mol. The lowest BCUT2D eigenvalue weighted by atomic mass is 10.3. The highest BCUT2D eigenvalue weighted by molar-refractivity contribution is 7.20. The van der Waals surface area contributed by atoms with E-state index in [2.05, 4.69) is 27.4 Å². The second-order valence-corrected chi connectivity index (χ2v) is 5.76. The van der Waals surface area contributed by atoms with Crippen LogP contribution in [-0.4, -0.2) is 30.4 Å². The molecule has 19 heavy (non-hydrogen) atoms. The molecule has 100 valence electrons. The van der Waals surface area contributed by atoms with E-state index < -0.39 is 0 Å². The summed E-state index contributed by atoms with van der Waals surface area (Å²) in [5, 5.41) is 13.0. The zero-order chi connectivity index (χ0) is 13.4. The van der Waals surface area contributed by atoms with Crippen LogP contribution in [0.3, 0.4) is 0 Å². The Balaban J connectivity index is 1.68. The summed E-state index contributed by atoms with van der Waals surface area (Å²) in [7, 11) is 0. The molecule has 0 aliphatic heterocycles. The van der Waals surface area contributed by atoms with Gasteiger partial charge in [-0.05, 0) is 26.3 Å². The summed E-state index contributed by atoms with van der Waals surface area (Å²) >= 11 is 1.56. The van der Waals surface area contributed by atoms with Crippen molar-refractivity contribution >= 4 is 21.4 Å². The molecule has 0 radical (unpaired) electrons. The average molecular weight is 276 g/mol. The number of aromatic nitrogens is 5. The monoisotopic (exact) mass is 276 g/mol. The van der Waals surface area contributed by atoms with Gasteiger partial charge in [-0.15, -0.1) is 5.10 Å². The van der Waals surface area contributed by atoms with E-state index in [4.69, 9.17) is 0 Å². The fourth-order valence-electron chi connectivity index (χ4n) is 1.97. The first-order valence-electron chi connectivity index (χ1n) is 6.18. The highest BCUT2D eigenvalue weighted by atomic mass is 32.1. The molecule has 0 aliphatic carbocycles. The minimum atomic E-state index is 0.260. The van der Waals surface area contributed by atoms with Crippen LogP contribution in [-0.2, 0) is 6.54 Å². The van der Waals surface area contributed by atoms with Gasteiger partial charge in [0.2, 0.25) is 10.1 Å². The molecule has 3 aromatic heterocycles. The minimum Gasteiger partial charge on any atom is -0.356 e. The zero-order valence-electron chi connectivity index (χ0n) is 11.2. The molecule has 1 unspecified atom stereocenters. The van der Waals surface area contributed by atoms with Crippen molar-refractivity contribution in [2.45, 2.75) is 33.4 Å². The lowest BCUT2D eigenvalue weighted by Crippen LogP contribution is -2.22. The van der Waals surface area contributed by atoms with E-state index in [0.29, 0.717) is 0 Å². The topological polar surface area (TPSA) is 60.0 Å². The molecule has 3 aromatic rings. The van der Waals surface area contributed by atoms with E-state index in [-0.39, 0.29) is 6.04 Å². The third-order valence-electron chi connectivity index (χ3n) is 2.76. The molecule has 0 saturated carbocycles. The van der Waals surface area contributed by atoms with Crippen molar-refractivity contribution in [3.63, 3.8) is 0 Å². The summed E-state index contributed by atoms with van der Waals surface area (Å²) in [6.07, 6.45) is 5.84. The number of fused-ring (bicyclic) bond motifs is 1. The lowest BCUT2D eigenvalue weighted by Gasteiger charge is -2.12. The first-order chi connectivity index (χ1) is 9.10. The van der Waals surface area contributed by atoms with Gasteiger partial charge in [-0.2, -0.15) is 5.10 Å². The maximum absolute atomic E-state index is 4.45. The van der Waals surface area contributed by atoms with Gasteiger partial charge in [0.15, 0.2) is 0 Å². The largest absolute Gasteiger partial charge is 0.356 e. The highest BCUT2D eigenvalue weighted by Crippen LogP contribution is 2.19. The number of hydrogen-bond donors (Lipinski definition) is 1. The quantitative estimate of drug-likeness (QED) is 0.793. The maximum atomic E-state index is 4.45. The Morgan fingerprint density at radius 2 is 2.21 bits per heavy atom. The van der Waals surface area contributed by atoms with Crippen molar-refractivity contribution in [1.29, 1.82) is 0 Å². The van der Waals surface area contributed by atoms with Crippen LogP contribution in [0.25, 0.3) is 4.96 Å². The number of nitrogens with zero attached hydrogens (tertiary/aromatic N) is 5. The van der Waals surface area contributed by atoms with Crippen LogP contribution in [0.5, 0.6) is 0 Å². The fraction of sp³-hybridized carbons (Fsp3) is 0.417. The number of nitrogens with one attached hydrogen (secondary N) is 1. The third-order valence-corrected chi connectivity index (χ3v) is 3.61. The molecule has 3 heterocycles. The molecule has 3 rings (SSSR count). The Bertz CT molecular complexity index is 663. The van der Waals surface area contributed by atoms with Crippen LogP contribution in [0.2, 0.25) is 0 Å². The molecule has 0 aromatic carbocycles. The molecule has 0 fully saturated rings. The Hall–Kier alpha value is -1.89. The SMILES string of the molecule is Cc1cnn(CC(C)Nc2nn3cc(C)nc3s2)c1. The van der Waals surface area contributed by atoms with Crippen molar-refractivity contribution in [1.82, 2.24) is 24.4 Å². The predicted octanol–water partition coefficient (Wildman–Crippen LogP) is 2.10. The molecule has 0 spiro atoms. The van der Waals surface area contributed by atoms with Crippen LogP contribution in [0.15, 0.2) is 18.6 Å². The van der Waals surface area contributed by atoms with Gasteiger partial charge in [-0.3, -0.25) is 4.68 Å². The maximum Gasteiger partial charge on any atom is 0.214 e. The minimum absolute atomic E-state index is 0.260. The van der Waals surface area contributed by atoms with Crippen molar-refractivity contribution < 1.29 is 0 Å². The molecule has 7 heteroatoms. The van der Waals surface area contributed by atoms with Gasteiger partial charge in [-0.25, -0.2) is 9.50 Å². The summed E-state index contributed by atoms with van der Waals surface area (Å²) in [6, 6.07) is 0.260. The molecular formula is C12H16N6S. The van der Waals surface area contributed by atoms with Gasteiger partial charge >= 0.3 is 0 Å². The Labute approximate surface area is 115 Å². The second kappa shape index (κ2) is 4.65. The number of aryl methyl sites for hydroxylation is 2. The van der Waals surface area contributed by atoms with Gasteiger partial charge < -0.3 is 5.32 Å². The van der Waals surface area contributed by atoms with E-state index in [1.165, 1.54) is 5.56 Å². The number of rotatable bonds is 4. The summed E-state index contributed by atoms with van der Waals surface area (Å²) in [6.45, 7) is 6.94. The second-order valence-electron chi connectivity index (χ2n) is 4.80. The van der Waals surface area contributed by atoms with Gasteiger partial charge in [0, 0.05) is 12.2 Å². The normalized spacial score (nSPS) is 13.0. The van der Waals surface area contributed by atoms with Gasteiger partial charge in [0.1, 0.15) is 0 Å². The Kier molecular flexibility index (Phi) is 2.98. The van der Waals surface area contributed by atoms with Gasteiger partial charge in [0.05, 0.1) is 24.6 Å².